The molecule has 2 aliphatic heterocycles. The molecule has 0 fully saturated rings. The molecule has 1 unspecified atom stereocenters. The van der Waals surface area contributed by atoms with Gasteiger partial charge in [-0.05, 0) is 35.9 Å². The van der Waals surface area contributed by atoms with Gasteiger partial charge in [0.2, 0.25) is 5.88 Å². The quantitative estimate of drug-likeness (QED) is 0.579. The Morgan fingerprint density at radius 2 is 1.96 bits per heavy atom. The first kappa shape index (κ1) is 15.5. The van der Waals surface area contributed by atoms with Crippen molar-refractivity contribution < 1.29 is 4.74 Å². The number of anilines is 3. The van der Waals surface area contributed by atoms with Crippen molar-refractivity contribution in [1.29, 1.82) is 0 Å². The molecular weight excluding hydrogens is 350 g/mol. The van der Waals surface area contributed by atoms with E-state index in [1.807, 2.05) is 18.2 Å². The fourth-order valence-electron chi connectivity index (χ4n) is 4.26. The molecule has 138 valence electrons. The zero-order chi connectivity index (χ0) is 18.5. The molecule has 0 spiro atoms. The molecule has 0 bridgehead atoms. The van der Waals surface area contributed by atoms with Gasteiger partial charge in [-0.15, -0.1) is 0 Å². The molecule has 0 saturated heterocycles. The van der Waals surface area contributed by atoms with Crippen LogP contribution in [0.1, 0.15) is 17.3 Å². The molecule has 5 heterocycles. The van der Waals surface area contributed by atoms with E-state index in [4.69, 9.17) is 9.72 Å². The van der Waals surface area contributed by atoms with Crippen LogP contribution in [0.2, 0.25) is 0 Å². The fraction of sp³-hybridized carbons (Fsp3) is 0.182. The Balaban J connectivity index is 1.53. The molecule has 0 amide bonds. The summed E-state index contributed by atoms with van der Waals surface area (Å²) in [7, 11) is 0. The number of imidazole rings is 1. The summed E-state index contributed by atoms with van der Waals surface area (Å²) < 4.78 is 7.96. The van der Waals surface area contributed by atoms with Crippen LogP contribution < -0.4 is 15.0 Å². The van der Waals surface area contributed by atoms with Gasteiger partial charge < -0.3 is 15.0 Å². The van der Waals surface area contributed by atoms with Gasteiger partial charge >= 0.3 is 0 Å². The van der Waals surface area contributed by atoms with Gasteiger partial charge in [0.1, 0.15) is 17.9 Å². The second-order valence-corrected chi connectivity index (χ2v) is 7.14. The van der Waals surface area contributed by atoms with E-state index in [0.29, 0.717) is 12.5 Å². The maximum atomic E-state index is 5.76. The topological polar surface area (TPSA) is 54.7 Å². The average Bonchev–Trinajstić information content (AvgIpc) is 3.34. The second-order valence-electron chi connectivity index (χ2n) is 7.14. The lowest BCUT2D eigenvalue weighted by Gasteiger charge is -2.30. The van der Waals surface area contributed by atoms with Gasteiger partial charge in [-0.2, -0.15) is 0 Å². The van der Waals surface area contributed by atoms with Crippen molar-refractivity contribution in [3.8, 4) is 5.88 Å². The summed E-state index contributed by atoms with van der Waals surface area (Å²) >= 11 is 0. The minimum atomic E-state index is 0.160. The number of rotatable bonds is 2. The lowest BCUT2D eigenvalue weighted by atomic mass is 10.1. The third-order valence-electron chi connectivity index (χ3n) is 5.50. The number of para-hydroxylation sites is 1. The Hall–Kier alpha value is -3.54. The summed E-state index contributed by atoms with van der Waals surface area (Å²) in [6, 6.07) is 18.8. The molecule has 28 heavy (non-hydrogen) atoms. The summed E-state index contributed by atoms with van der Waals surface area (Å²) in [4.78, 5) is 11.6. The molecular formula is C22H19N5O. The Labute approximate surface area is 162 Å². The third-order valence-corrected chi connectivity index (χ3v) is 5.50. The first-order valence-electron chi connectivity index (χ1n) is 9.55. The van der Waals surface area contributed by atoms with E-state index in [0.717, 1.165) is 30.1 Å². The van der Waals surface area contributed by atoms with Crippen molar-refractivity contribution in [2.75, 3.05) is 23.4 Å². The third kappa shape index (κ3) is 2.27. The summed E-state index contributed by atoms with van der Waals surface area (Å²) in [5, 5.41) is 3.70. The van der Waals surface area contributed by atoms with Crippen LogP contribution in [0.4, 0.5) is 17.2 Å². The maximum absolute atomic E-state index is 5.76. The van der Waals surface area contributed by atoms with Gasteiger partial charge in [0.25, 0.3) is 0 Å². The first-order chi connectivity index (χ1) is 13.9. The smallest absolute Gasteiger partial charge is 0.238 e. The summed E-state index contributed by atoms with van der Waals surface area (Å²) in [5.74, 6) is 1.63. The molecule has 6 rings (SSSR count). The van der Waals surface area contributed by atoms with E-state index in [2.05, 4.69) is 62.2 Å². The van der Waals surface area contributed by atoms with Gasteiger partial charge in [0, 0.05) is 24.5 Å². The van der Waals surface area contributed by atoms with Crippen molar-refractivity contribution in [3.05, 3.63) is 78.2 Å². The van der Waals surface area contributed by atoms with E-state index in [-0.39, 0.29) is 6.04 Å². The number of hydrogen-bond acceptors (Lipinski definition) is 5. The normalized spacial score (nSPS) is 17.7. The van der Waals surface area contributed by atoms with Crippen LogP contribution in [0.3, 0.4) is 0 Å². The predicted octanol–water partition coefficient (Wildman–Crippen LogP) is 3.97. The lowest BCUT2D eigenvalue weighted by Crippen LogP contribution is -2.30. The standard InChI is InChI=1S/C22H19N5O/c1-2-7-16-15(6-1)14-17(24-16)20-21(25-19-9-3-4-11-27(19)20)26-12-13-28-22-18(26)8-5-10-23-22/h1-11,17,24H,12-14H2. The van der Waals surface area contributed by atoms with Crippen LogP contribution in [-0.4, -0.2) is 27.5 Å². The summed E-state index contributed by atoms with van der Waals surface area (Å²) in [6.07, 6.45) is 4.80. The van der Waals surface area contributed by atoms with Crippen molar-refractivity contribution >= 4 is 22.8 Å². The van der Waals surface area contributed by atoms with Gasteiger partial charge in [0.15, 0.2) is 5.82 Å². The number of ether oxygens (including phenoxy) is 1. The van der Waals surface area contributed by atoms with E-state index in [1.165, 1.54) is 16.9 Å². The molecule has 0 radical (unpaired) electrons. The van der Waals surface area contributed by atoms with Crippen LogP contribution in [0.5, 0.6) is 5.88 Å². The molecule has 0 aliphatic carbocycles. The van der Waals surface area contributed by atoms with Crippen LogP contribution in [0, 0.1) is 0 Å². The number of nitrogens with one attached hydrogen (secondary N) is 1. The molecule has 3 aromatic heterocycles. The minimum absolute atomic E-state index is 0.160. The van der Waals surface area contributed by atoms with Gasteiger partial charge in [-0.1, -0.05) is 24.3 Å². The van der Waals surface area contributed by atoms with Gasteiger partial charge in [-0.25, -0.2) is 9.97 Å². The number of nitrogens with zero attached hydrogens (tertiary/aromatic N) is 4. The highest BCUT2D eigenvalue weighted by molar-refractivity contribution is 5.72. The Morgan fingerprint density at radius 3 is 2.93 bits per heavy atom. The number of hydrogen-bond donors (Lipinski definition) is 1. The maximum Gasteiger partial charge on any atom is 0.238 e. The lowest BCUT2D eigenvalue weighted by molar-refractivity contribution is 0.301. The van der Waals surface area contributed by atoms with Crippen molar-refractivity contribution in [2.24, 2.45) is 0 Å². The van der Waals surface area contributed by atoms with Gasteiger partial charge in [-0.3, -0.25) is 4.40 Å². The number of aromatic nitrogens is 3. The largest absolute Gasteiger partial charge is 0.474 e. The SMILES string of the molecule is c1ccc2c(c1)CC(c1c(N3CCOc4ncccc43)nc3ccccn13)N2. The summed E-state index contributed by atoms with van der Waals surface area (Å²) in [6.45, 7) is 1.34. The summed E-state index contributed by atoms with van der Waals surface area (Å²) in [5.41, 5.74) is 5.63. The molecule has 2 aliphatic rings. The average molecular weight is 369 g/mol. The highest BCUT2D eigenvalue weighted by Gasteiger charge is 2.32. The molecule has 6 nitrogen and oxygen atoms in total. The first-order valence-corrected chi connectivity index (χ1v) is 9.55. The monoisotopic (exact) mass is 369 g/mol. The van der Waals surface area contributed by atoms with Gasteiger partial charge in [0.05, 0.1) is 18.3 Å². The molecule has 1 N–H and O–H groups in total. The van der Waals surface area contributed by atoms with E-state index in [1.54, 1.807) is 6.20 Å². The second kappa shape index (κ2) is 5.99. The Kier molecular flexibility index (Phi) is 3.32. The number of benzene rings is 1. The molecule has 0 saturated carbocycles. The van der Waals surface area contributed by atoms with Crippen molar-refractivity contribution in [1.82, 2.24) is 14.4 Å². The molecule has 6 heteroatoms. The minimum Gasteiger partial charge on any atom is -0.474 e. The highest BCUT2D eigenvalue weighted by Crippen LogP contribution is 2.42. The molecule has 4 aromatic rings. The van der Waals surface area contributed by atoms with Crippen LogP contribution in [-0.2, 0) is 6.42 Å². The zero-order valence-electron chi connectivity index (χ0n) is 15.2. The fourth-order valence-corrected chi connectivity index (χ4v) is 4.26. The molecule has 1 aromatic carbocycles. The van der Waals surface area contributed by atoms with E-state index < -0.39 is 0 Å². The number of pyridine rings is 2. The van der Waals surface area contributed by atoms with Crippen molar-refractivity contribution in [3.63, 3.8) is 0 Å². The Morgan fingerprint density at radius 1 is 1.04 bits per heavy atom. The van der Waals surface area contributed by atoms with Crippen LogP contribution in [0.15, 0.2) is 67.0 Å². The molecule has 1 atom stereocenters. The zero-order valence-corrected chi connectivity index (χ0v) is 15.2. The number of fused-ring (bicyclic) bond motifs is 3. The van der Waals surface area contributed by atoms with E-state index >= 15 is 0 Å². The van der Waals surface area contributed by atoms with Crippen LogP contribution >= 0.6 is 0 Å². The highest BCUT2D eigenvalue weighted by atomic mass is 16.5. The van der Waals surface area contributed by atoms with Crippen LogP contribution in [0.25, 0.3) is 5.65 Å². The van der Waals surface area contributed by atoms with E-state index in [9.17, 15) is 0 Å². The Bertz CT molecular complexity index is 1160. The van der Waals surface area contributed by atoms with Crippen molar-refractivity contribution in [2.45, 2.75) is 12.5 Å². The predicted molar refractivity (Wildman–Crippen MR) is 108 cm³/mol.